The van der Waals surface area contributed by atoms with Gasteiger partial charge in [-0.15, -0.1) is 10.2 Å². The predicted octanol–water partition coefficient (Wildman–Crippen LogP) is 2.26. The summed E-state index contributed by atoms with van der Waals surface area (Å²) in [7, 11) is 1.65. The first-order valence-corrected chi connectivity index (χ1v) is 9.38. The molecule has 2 heterocycles. The van der Waals surface area contributed by atoms with Crippen LogP contribution in [0.1, 0.15) is 19.2 Å². The van der Waals surface area contributed by atoms with Crippen LogP contribution in [0.4, 0.5) is 0 Å². The minimum Gasteiger partial charge on any atom is -0.497 e. The van der Waals surface area contributed by atoms with E-state index in [1.54, 1.807) is 7.11 Å². The fourth-order valence-corrected chi connectivity index (χ4v) is 2.65. The summed E-state index contributed by atoms with van der Waals surface area (Å²) in [6.45, 7) is 4.62. The Bertz CT molecular complexity index is 908. The van der Waals surface area contributed by atoms with Crippen LogP contribution in [0.15, 0.2) is 53.7 Å². The topological polar surface area (TPSA) is 85.1 Å². The lowest BCUT2D eigenvalue weighted by molar-refractivity contribution is 0.308. The SMILES string of the molecule is CCNC(=NCc1nnc2ccccn12)NCCCOc1cccc(OC)c1. The number of aliphatic imine (C=N–C) groups is 1. The van der Waals surface area contributed by atoms with E-state index >= 15 is 0 Å². The van der Waals surface area contributed by atoms with Crippen molar-refractivity contribution in [3.8, 4) is 11.5 Å². The third-order valence-electron chi connectivity index (χ3n) is 4.03. The molecule has 0 bridgehead atoms. The number of aromatic nitrogens is 3. The van der Waals surface area contributed by atoms with Crippen molar-refractivity contribution in [3.05, 3.63) is 54.5 Å². The Morgan fingerprint density at radius 3 is 2.86 bits per heavy atom. The summed E-state index contributed by atoms with van der Waals surface area (Å²) < 4.78 is 12.9. The highest BCUT2D eigenvalue weighted by atomic mass is 16.5. The Balaban J connectivity index is 1.47. The van der Waals surface area contributed by atoms with Gasteiger partial charge in [0.05, 0.1) is 13.7 Å². The van der Waals surface area contributed by atoms with Gasteiger partial charge in [0.15, 0.2) is 17.4 Å². The molecule has 8 heteroatoms. The monoisotopic (exact) mass is 382 g/mol. The minimum atomic E-state index is 0.445. The standard InChI is InChI=1S/C20H26N6O2/c1-3-21-20(23-15-19-25-24-18-10-4-5-12-26(18)19)22-11-7-13-28-17-9-6-8-16(14-17)27-2/h4-6,8-10,12,14H,3,7,11,13,15H2,1-2H3,(H2,21,22,23). The quantitative estimate of drug-likeness (QED) is 0.335. The second-order valence-electron chi connectivity index (χ2n) is 6.05. The Hall–Kier alpha value is -3.29. The number of pyridine rings is 1. The Morgan fingerprint density at radius 2 is 2.00 bits per heavy atom. The van der Waals surface area contributed by atoms with E-state index in [0.717, 1.165) is 48.4 Å². The predicted molar refractivity (Wildman–Crippen MR) is 109 cm³/mol. The van der Waals surface area contributed by atoms with Crippen molar-refractivity contribution in [3.63, 3.8) is 0 Å². The van der Waals surface area contributed by atoms with Crippen LogP contribution < -0.4 is 20.1 Å². The number of rotatable bonds is 9. The first-order chi connectivity index (χ1) is 13.8. The zero-order valence-corrected chi connectivity index (χ0v) is 16.3. The number of fused-ring (bicyclic) bond motifs is 1. The lowest BCUT2D eigenvalue weighted by Crippen LogP contribution is -2.38. The van der Waals surface area contributed by atoms with Crippen LogP contribution in [0, 0.1) is 0 Å². The van der Waals surface area contributed by atoms with Gasteiger partial charge in [0.1, 0.15) is 18.0 Å². The summed E-state index contributed by atoms with van der Waals surface area (Å²) in [6.07, 6.45) is 2.78. The molecular weight excluding hydrogens is 356 g/mol. The van der Waals surface area contributed by atoms with Crippen LogP contribution in [0.2, 0.25) is 0 Å². The molecule has 0 saturated carbocycles. The molecule has 3 rings (SSSR count). The van der Waals surface area contributed by atoms with E-state index in [-0.39, 0.29) is 0 Å². The summed E-state index contributed by atoms with van der Waals surface area (Å²) in [6, 6.07) is 13.4. The van der Waals surface area contributed by atoms with Crippen molar-refractivity contribution >= 4 is 11.6 Å². The van der Waals surface area contributed by atoms with Gasteiger partial charge < -0.3 is 20.1 Å². The Labute approximate surface area is 164 Å². The second kappa shape index (κ2) is 10.1. The van der Waals surface area contributed by atoms with Crippen LogP contribution in [-0.4, -0.2) is 47.4 Å². The van der Waals surface area contributed by atoms with Crippen molar-refractivity contribution < 1.29 is 9.47 Å². The van der Waals surface area contributed by atoms with Gasteiger partial charge in [-0.1, -0.05) is 12.1 Å². The second-order valence-corrected chi connectivity index (χ2v) is 6.05. The van der Waals surface area contributed by atoms with E-state index in [0.29, 0.717) is 13.2 Å². The van der Waals surface area contributed by atoms with Gasteiger partial charge in [-0.05, 0) is 37.6 Å². The van der Waals surface area contributed by atoms with Crippen LogP contribution in [-0.2, 0) is 6.54 Å². The van der Waals surface area contributed by atoms with E-state index in [1.165, 1.54) is 0 Å². The minimum absolute atomic E-state index is 0.445. The molecule has 1 aromatic carbocycles. The molecule has 0 fully saturated rings. The number of guanidine groups is 1. The molecule has 0 unspecified atom stereocenters. The highest BCUT2D eigenvalue weighted by molar-refractivity contribution is 5.79. The maximum absolute atomic E-state index is 5.76. The van der Waals surface area contributed by atoms with E-state index < -0.39 is 0 Å². The molecule has 0 atom stereocenters. The average molecular weight is 382 g/mol. The molecule has 0 aliphatic rings. The van der Waals surface area contributed by atoms with Crippen molar-refractivity contribution in [1.29, 1.82) is 0 Å². The van der Waals surface area contributed by atoms with Gasteiger partial charge in [0.25, 0.3) is 0 Å². The molecule has 0 spiro atoms. The molecule has 2 N–H and O–H groups in total. The van der Waals surface area contributed by atoms with Gasteiger partial charge in [-0.25, -0.2) is 4.99 Å². The van der Waals surface area contributed by atoms with Gasteiger partial charge >= 0.3 is 0 Å². The van der Waals surface area contributed by atoms with Crippen molar-refractivity contribution in [1.82, 2.24) is 25.2 Å². The molecule has 8 nitrogen and oxygen atoms in total. The Kier molecular flexibility index (Phi) is 7.06. The van der Waals surface area contributed by atoms with Gasteiger partial charge in [0, 0.05) is 25.4 Å². The smallest absolute Gasteiger partial charge is 0.191 e. The lowest BCUT2D eigenvalue weighted by atomic mass is 10.3. The lowest BCUT2D eigenvalue weighted by Gasteiger charge is -2.12. The fraction of sp³-hybridized carbons (Fsp3) is 0.350. The average Bonchev–Trinajstić information content (AvgIpc) is 3.15. The number of benzene rings is 1. The van der Waals surface area contributed by atoms with Gasteiger partial charge in [0.2, 0.25) is 0 Å². The molecule has 148 valence electrons. The van der Waals surface area contributed by atoms with Crippen molar-refractivity contribution in [2.24, 2.45) is 4.99 Å². The zero-order chi connectivity index (χ0) is 19.6. The third-order valence-corrected chi connectivity index (χ3v) is 4.03. The normalized spacial score (nSPS) is 11.4. The number of nitrogens with one attached hydrogen (secondary N) is 2. The third kappa shape index (κ3) is 5.35. The summed E-state index contributed by atoms with van der Waals surface area (Å²) in [4.78, 5) is 4.60. The van der Waals surface area contributed by atoms with Crippen molar-refractivity contribution in [2.75, 3.05) is 26.8 Å². The Morgan fingerprint density at radius 1 is 1.11 bits per heavy atom. The number of nitrogens with zero attached hydrogens (tertiary/aromatic N) is 4. The molecule has 0 radical (unpaired) electrons. The largest absolute Gasteiger partial charge is 0.497 e. The van der Waals surface area contributed by atoms with Crippen molar-refractivity contribution in [2.45, 2.75) is 19.9 Å². The summed E-state index contributed by atoms with van der Waals surface area (Å²) >= 11 is 0. The van der Waals surface area contributed by atoms with E-state index in [9.17, 15) is 0 Å². The maximum atomic E-state index is 5.76. The van der Waals surface area contributed by atoms with E-state index in [4.69, 9.17) is 9.47 Å². The van der Waals surface area contributed by atoms with E-state index in [2.05, 4.69) is 25.8 Å². The summed E-state index contributed by atoms with van der Waals surface area (Å²) in [5, 5.41) is 14.9. The summed E-state index contributed by atoms with van der Waals surface area (Å²) in [5.74, 6) is 3.14. The van der Waals surface area contributed by atoms with Gasteiger partial charge in [-0.3, -0.25) is 4.40 Å². The highest BCUT2D eigenvalue weighted by Crippen LogP contribution is 2.18. The highest BCUT2D eigenvalue weighted by Gasteiger charge is 2.04. The first-order valence-electron chi connectivity index (χ1n) is 9.38. The summed E-state index contributed by atoms with van der Waals surface area (Å²) in [5.41, 5.74) is 0.820. The molecule has 0 saturated heterocycles. The van der Waals surface area contributed by atoms with Crippen LogP contribution in [0.3, 0.4) is 0 Å². The van der Waals surface area contributed by atoms with Crippen LogP contribution in [0.5, 0.6) is 11.5 Å². The number of hydrogen-bond acceptors (Lipinski definition) is 5. The fourth-order valence-electron chi connectivity index (χ4n) is 2.65. The maximum Gasteiger partial charge on any atom is 0.191 e. The molecule has 2 aromatic heterocycles. The molecule has 0 amide bonds. The van der Waals surface area contributed by atoms with E-state index in [1.807, 2.05) is 60.0 Å². The molecule has 0 aliphatic carbocycles. The van der Waals surface area contributed by atoms with Crippen LogP contribution >= 0.6 is 0 Å². The molecule has 3 aromatic rings. The van der Waals surface area contributed by atoms with Crippen LogP contribution in [0.25, 0.3) is 5.65 Å². The number of hydrogen-bond donors (Lipinski definition) is 2. The van der Waals surface area contributed by atoms with Gasteiger partial charge in [-0.2, -0.15) is 0 Å². The number of methoxy groups -OCH3 is 1. The zero-order valence-electron chi connectivity index (χ0n) is 16.3. The number of ether oxygens (including phenoxy) is 2. The molecule has 0 aliphatic heterocycles. The first kappa shape index (κ1) is 19.5. The molecule has 28 heavy (non-hydrogen) atoms. The molecular formula is C20H26N6O2.